The normalized spacial score (nSPS) is 24.3. The van der Waals surface area contributed by atoms with Crippen LogP contribution in [-0.2, 0) is 0 Å². The summed E-state index contributed by atoms with van der Waals surface area (Å²) >= 11 is 0. The van der Waals surface area contributed by atoms with Crippen molar-refractivity contribution >= 4 is 28.0 Å². The van der Waals surface area contributed by atoms with Gasteiger partial charge in [0.15, 0.2) is 0 Å². The molecule has 2 heteroatoms. The lowest BCUT2D eigenvalue weighted by molar-refractivity contribution is 0.485. The molecule has 0 nitrogen and oxygen atoms in total. The van der Waals surface area contributed by atoms with Crippen molar-refractivity contribution in [3.63, 3.8) is 0 Å². The molecule has 202 valence electrons. The summed E-state index contributed by atoms with van der Waals surface area (Å²) in [5.41, 5.74) is 9.63. The molecule has 0 bridgehead atoms. The molecule has 38 heavy (non-hydrogen) atoms. The molecule has 2 atom stereocenters. The van der Waals surface area contributed by atoms with Crippen molar-refractivity contribution in [1.82, 2.24) is 0 Å². The van der Waals surface area contributed by atoms with Crippen LogP contribution in [0.5, 0.6) is 0 Å². The summed E-state index contributed by atoms with van der Waals surface area (Å²) in [7, 11) is -0.314. The fourth-order valence-electron chi connectivity index (χ4n) is 8.47. The zero-order valence-corrected chi connectivity index (χ0v) is 26.0. The molecular formula is C36H48P2. The smallest absolute Gasteiger partial charge is 0.0210 e. The second-order valence-electron chi connectivity index (χ2n) is 12.9. The largest absolute Gasteiger partial charge is 0.0738 e. The fraction of sp³-hybridized carbons (Fsp3) is 0.556. The topological polar surface area (TPSA) is 0 Å². The zero-order chi connectivity index (χ0) is 26.2. The number of rotatable bonds is 7. The van der Waals surface area contributed by atoms with E-state index in [4.69, 9.17) is 0 Å². The van der Waals surface area contributed by atoms with Crippen molar-refractivity contribution in [2.24, 2.45) is 0 Å². The minimum absolute atomic E-state index is 0.117. The van der Waals surface area contributed by atoms with Crippen LogP contribution in [0.3, 0.4) is 0 Å². The Labute approximate surface area is 235 Å². The number of hydrogen-bond donors (Lipinski definition) is 0. The third kappa shape index (κ3) is 5.04. The van der Waals surface area contributed by atoms with Gasteiger partial charge in [0.1, 0.15) is 0 Å². The summed E-state index contributed by atoms with van der Waals surface area (Å²) in [5.74, 6) is 1.06. The van der Waals surface area contributed by atoms with Gasteiger partial charge in [-0.15, -0.1) is 0 Å². The molecule has 0 heterocycles. The highest BCUT2D eigenvalue weighted by molar-refractivity contribution is 7.64. The Morgan fingerprint density at radius 3 is 1.45 bits per heavy atom. The zero-order valence-electron chi connectivity index (χ0n) is 24.2. The maximum Gasteiger partial charge on any atom is 0.0210 e. The predicted octanol–water partition coefficient (Wildman–Crippen LogP) is 11.7. The molecule has 0 amide bonds. The molecule has 0 spiro atoms. The minimum atomic E-state index is -0.197. The first kappa shape index (κ1) is 27.0. The van der Waals surface area contributed by atoms with Crippen molar-refractivity contribution in [1.29, 1.82) is 0 Å². The summed E-state index contributed by atoms with van der Waals surface area (Å²) in [6.07, 6.45) is 20.1. The van der Waals surface area contributed by atoms with E-state index < -0.39 is 0 Å². The molecule has 0 N–H and O–H groups in total. The van der Waals surface area contributed by atoms with Gasteiger partial charge in [-0.2, -0.15) is 0 Å². The molecule has 2 fully saturated rings. The molecular weight excluding hydrogens is 494 g/mol. The predicted molar refractivity (Wildman–Crippen MR) is 172 cm³/mol. The van der Waals surface area contributed by atoms with Crippen LogP contribution in [0.1, 0.15) is 126 Å². The highest BCUT2D eigenvalue weighted by Gasteiger charge is 2.46. The standard InChI is InChI=1S/C36H48P2/c1-25(2)37(26(3)4)33-23-27-15-11-13-21-31(27)35(33)36-32-22-14-12-16-28(32)24-34(36)38(29-17-7-5-8-18-29)30-19-9-6-10-20-30/h11-16,21-26,29-30,35-36H,5-10,17-20H2,1-4H3. The SMILES string of the molecule is CC(C)P(C1=Cc2ccccc2C1C1C(P(C2CCCCC2)C2CCCCC2)=Cc2ccccc21)C(C)C. The number of benzene rings is 2. The lowest BCUT2D eigenvalue weighted by atomic mass is 9.84. The third-order valence-electron chi connectivity index (χ3n) is 9.88. The van der Waals surface area contributed by atoms with Gasteiger partial charge in [-0.3, -0.25) is 0 Å². The van der Waals surface area contributed by atoms with Crippen molar-refractivity contribution in [3.05, 3.63) is 81.4 Å². The fourth-order valence-corrected chi connectivity index (χ4v) is 15.9. The Morgan fingerprint density at radius 1 is 0.553 bits per heavy atom. The van der Waals surface area contributed by atoms with Gasteiger partial charge in [0.05, 0.1) is 0 Å². The van der Waals surface area contributed by atoms with E-state index in [0.29, 0.717) is 11.8 Å². The van der Waals surface area contributed by atoms with E-state index >= 15 is 0 Å². The van der Waals surface area contributed by atoms with Crippen LogP contribution >= 0.6 is 15.8 Å². The number of allylic oxidation sites excluding steroid dienone is 2. The summed E-state index contributed by atoms with van der Waals surface area (Å²) < 4.78 is 0. The lowest BCUT2D eigenvalue weighted by Crippen LogP contribution is -2.24. The van der Waals surface area contributed by atoms with Gasteiger partial charge in [-0.25, -0.2) is 0 Å². The van der Waals surface area contributed by atoms with Crippen LogP contribution in [0.25, 0.3) is 12.2 Å². The molecule has 6 rings (SSSR count). The van der Waals surface area contributed by atoms with E-state index in [1.165, 1.54) is 75.3 Å². The van der Waals surface area contributed by atoms with E-state index in [1.807, 2.05) is 5.31 Å². The molecule has 0 saturated heterocycles. The van der Waals surface area contributed by atoms with E-state index in [-0.39, 0.29) is 15.8 Å². The van der Waals surface area contributed by atoms with Crippen molar-refractivity contribution in [2.45, 2.75) is 126 Å². The summed E-state index contributed by atoms with van der Waals surface area (Å²) in [6.45, 7) is 9.96. The summed E-state index contributed by atoms with van der Waals surface area (Å²) in [5, 5.41) is 3.69. The molecule has 2 aromatic carbocycles. The molecule has 2 aromatic rings. The van der Waals surface area contributed by atoms with E-state index in [2.05, 4.69) is 88.4 Å². The van der Waals surface area contributed by atoms with Gasteiger partial charge in [0.25, 0.3) is 0 Å². The average Bonchev–Trinajstić information content (AvgIpc) is 3.47. The van der Waals surface area contributed by atoms with Crippen LogP contribution in [0, 0.1) is 0 Å². The van der Waals surface area contributed by atoms with Crippen molar-refractivity contribution in [3.8, 4) is 0 Å². The molecule has 4 aliphatic carbocycles. The first-order valence-corrected chi connectivity index (χ1v) is 18.7. The maximum atomic E-state index is 2.75. The van der Waals surface area contributed by atoms with Crippen LogP contribution < -0.4 is 0 Å². The lowest BCUT2D eigenvalue weighted by Gasteiger charge is -2.43. The van der Waals surface area contributed by atoms with Gasteiger partial charge in [0.2, 0.25) is 0 Å². The Balaban J connectivity index is 1.50. The first-order chi connectivity index (χ1) is 18.5. The summed E-state index contributed by atoms with van der Waals surface area (Å²) in [6, 6.07) is 19.0. The Bertz CT molecular complexity index is 1150. The molecule has 2 unspecified atom stereocenters. The Hall–Kier alpha value is -1.22. The van der Waals surface area contributed by atoms with Crippen LogP contribution in [0.2, 0.25) is 0 Å². The summed E-state index contributed by atoms with van der Waals surface area (Å²) in [4.78, 5) is 0. The van der Waals surface area contributed by atoms with Crippen molar-refractivity contribution < 1.29 is 0 Å². The molecule has 0 aromatic heterocycles. The molecule has 4 aliphatic rings. The van der Waals surface area contributed by atoms with Gasteiger partial charge in [-0.1, -0.05) is 143 Å². The van der Waals surface area contributed by atoms with Crippen LogP contribution in [0.4, 0.5) is 0 Å². The van der Waals surface area contributed by atoms with E-state index in [9.17, 15) is 0 Å². The second-order valence-corrected chi connectivity index (χ2v) is 19.1. The van der Waals surface area contributed by atoms with Crippen LogP contribution in [-0.4, -0.2) is 22.6 Å². The first-order valence-electron chi connectivity index (χ1n) is 15.7. The Kier molecular flexibility index (Phi) is 8.32. The molecule has 2 saturated carbocycles. The quantitative estimate of drug-likeness (QED) is 0.305. The molecule has 0 aliphatic heterocycles. The van der Waals surface area contributed by atoms with E-state index in [0.717, 1.165) is 22.6 Å². The number of fused-ring (bicyclic) bond motifs is 2. The van der Waals surface area contributed by atoms with Gasteiger partial charge >= 0.3 is 0 Å². The second kappa shape index (κ2) is 11.7. The maximum absolute atomic E-state index is 2.75. The van der Waals surface area contributed by atoms with Gasteiger partial charge < -0.3 is 0 Å². The highest BCUT2D eigenvalue weighted by atomic mass is 31.1. The van der Waals surface area contributed by atoms with Gasteiger partial charge in [0, 0.05) is 11.8 Å². The van der Waals surface area contributed by atoms with Crippen LogP contribution in [0.15, 0.2) is 59.2 Å². The number of hydrogen-bond acceptors (Lipinski definition) is 0. The molecule has 0 radical (unpaired) electrons. The van der Waals surface area contributed by atoms with E-state index in [1.54, 1.807) is 16.4 Å². The Morgan fingerprint density at radius 2 is 0.974 bits per heavy atom. The monoisotopic (exact) mass is 542 g/mol. The van der Waals surface area contributed by atoms with Gasteiger partial charge in [-0.05, 0) is 81.2 Å². The third-order valence-corrected chi connectivity index (χ3v) is 16.7. The minimum Gasteiger partial charge on any atom is -0.0738 e. The van der Waals surface area contributed by atoms with Crippen molar-refractivity contribution in [2.75, 3.05) is 0 Å². The average molecular weight is 543 g/mol. The highest BCUT2D eigenvalue weighted by Crippen LogP contribution is 2.72.